The molecule has 0 aromatic rings. The first-order chi connectivity index (χ1) is 12.0. The van der Waals surface area contributed by atoms with Crippen molar-refractivity contribution in [3.05, 3.63) is 48.6 Å². The smallest absolute Gasteiger partial charge is 0.303 e. The standard InChI is InChI=1S/C20H32O5/c1-2-3-8-14-18(22)19(23)15-10-7-5-4-6-9-12-17(21)13-11-16-20(24)25/h4-7,9-10,12,15,17-19,21-23H,2-3,8,11,13-14,16H2,1H3,(H,24,25)/b6-4+,7-5+,12-9-,15-10+/t17-,18+,19+/m1/s1. The van der Waals surface area contributed by atoms with Crippen molar-refractivity contribution in [2.45, 2.75) is 70.2 Å². The van der Waals surface area contributed by atoms with Crippen LogP contribution in [0.2, 0.25) is 0 Å². The quantitative estimate of drug-likeness (QED) is 0.284. The number of aliphatic hydroxyl groups is 3. The number of carboxylic acids is 1. The third-order valence-corrected chi connectivity index (χ3v) is 3.59. The van der Waals surface area contributed by atoms with Crippen molar-refractivity contribution in [2.24, 2.45) is 0 Å². The Bertz CT molecular complexity index is 451. The van der Waals surface area contributed by atoms with E-state index >= 15 is 0 Å². The van der Waals surface area contributed by atoms with Crippen LogP contribution in [0.1, 0.15) is 51.9 Å². The molecule has 0 unspecified atom stereocenters. The summed E-state index contributed by atoms with van der Waals surface area (Å²) in [5.74, 6) is -0.854. The second kappa shape index (κ2) is 15.8. The molecule has 0 amide bonds. The van der Waals surface area contributed by atoms with Crippen LogP contribution in [0.5, 0.6) is 0 Å². The molecule has 0 saturated heterocycles. The van der Waals surface area contributed by atoms with Gasteiger partial charge in [-0.25, -0.2) is 0 Å². The largest absolute Gasteiger partial charge is 0.481 e. The molecule has 25 heavy (non-hydrogen) atoms. The summed E-state index contributed by atoms with van der Waals surface area (Å²) >= 11 is 0. The van der Waals surface area contributed by atoms with E-state index in [2.05, 4.69) is 6.92 Å². The van der Waals surface area contributed by atoms with E-state index in [0.717, 1.165) is 19.3 Å². The van der Waals surface area contributed by atoms with Gasteiger partial charge in [0, 0.05) is 6.42 Å². The van der Waals surface area contributed by atoms with Gasteiger partial charge in [-0.3, -0.25) is 4.79 Å². The zero-order chi connectivity index (χ0) is 18.9. The summed E-state index contributed by atoms with van der Waals surface area (Å²) in [7, 11) is 0. The Labute approximate surface area is 150 Å². The SMILES string of the molecule is CCCCC[C@H](O)[C@@H](O)/C=C/C=C/C=C/C=C\[C@@H](O)CCCC(=O)O. The fourth-order valence-corrected chi connectivity index (χ4v) is 2.09. The van der Waals surface area contributed by atoms with E-state index in [0.29, 0.717) is 19.3 Å². The Morgan fingerprint density at radius 3 is 2.04 bits per heavy atom. The van der Waals surface area contributed by atoms with Crippen molar-refractivity contribution in [1.29, 1.82) is 0 Å². The van der Waals surface area contributed by atoms with Gasteiger partial charge >= 0.3 is 5.97 Å². The van der Waals surface area contributed by atoms with Crippen LogP contribution in [0.3, 0.4) is 0 Å². The molecule has 0 fully saturated rings. The van der Waals surface area contributed by atoms with Crippen LogP contribution >= 0.6 is 0 Å². The number of carboxylic acid groups (broad SMARTS) is 1. The van der Waals surface area contributed by atoms with Gasteiger partial charge in [0.1, 0.15) is 0 Å². The van der Waals surface area contributed by atoms with E-state index in [4.69, 9.17) is 5.11 Å². The highest BCUT2D eigenvalue weighted by Gasteiger charge is 2.11. The van der Waals surface area contributed by atoms with Gasteiger partial charge in [0.2, 0.25) is 0 Å². The van der Waals surface area contributed by atoms with Crippen LogP contribution in [0, 0.1) is 0 Å². The molecule has 0 rings (SSSR count). The molecule has 5 heteroatoms. The van der Waals surface area contributed by atoms with E-state index < -0.39 is 24.3 Å². The Morgan fingerprint density at radius 1 is 0.840 bits per heavy atom. The Kier molecular flexibility index (Phi) is 14.7. The third-order valence-electron chi connectivity index (χ3n) is 3.59. The van der Waals surface area contributed by atoms with E-state index in [-0.39, 0.29) is 6.42 Å². The number of carbonyl (C=O) groups is 1. The van der Waals surface area contributed by atoms with Gasteiger partial charge in [0.25, 0.3) is 0 Å². The highest BCUT2D eigenvalue weighted by molar-refractivity contribution is 5.66. The monoisotopic (exact) mass is 352 g/mol. The lowest BCUT2D eigenvalue weighted by atomic mass is 10.1. The molecule has 0 aliphatic carbocycles. The molecule has 0 aliphatic rings. The van der Waals surface area contributed by atoms with Crippen LogP contribution in [0.15, 0.2) is 48.6 Å². The first-order valence-corrected chi connectivity index (χ1v) is 8.91. The summed E-state index contributed by atoms with van der Waals surface area (Å²) < 4.78 is 0. The summed E-state index contributed by atoms with van der Waals surface area (Å²) in [5.41, 5.74) is 0. The maximum atomic E-state index is 10.4. The minimum Gasteiger partial charge on any atom is -0.481 e. The molecule has 0 bridgehead atoms. The fourth-order valence-electron chi connectivity index (χ4n) is 2.09. The number of allylic oxidation sites excluding steroid dienone is 6. The maximum absolute atomic E-state index is 10.4. The molecule has 0 aromatic carbocycles. The van der Waals surface area contributed by atoms with Crippen molar-refractivity contribution >= 4 is 5.97 Å². The predicted octanol–water partition coefficient (Wildman–Crippen LogP) is 3.13. The normalized spacial score (nSPS) is 16.3. The van der Waals surface area contributed by atoms with Gasteiger partial charge in [0.15, 0.2) is 0 Å². The van der Waals surface area contributed by atoms with Crippen molar-refractivity contribution in [3.63, 3.8) is 0 Å². The minimum absolute atomic E-state index is 0.0644. The molecule has 4 N–H and O–H groups in total. The van der Waals surface area contributed by atoms with Crippen LogP contribution < -0.4 is 0 Å². The zero-order valence-electron chi connectivity index (χ0n) is 15.0. The predicted molar refractivity (Wildman–Crippen MR) is 100 cm³/mol. The summed E-state index contributed by atoms with van der Waals surface area (Å²) in [6.07, 6.45) is 16.0. The minimum atomic E-state index is -0.855. The van der Waals surface area contributed by atoms with Crippen LogP contribution in [-0.4, -0.2) is 44.7 Å². The lowest BCUT2D eigenvalue weighted by Crippen LogP contribution is -2.23. The van der Waals surface area contributed by atoms with Gasteiger partial charge in [-0.15, -0.1) is 0 Å². The second-order valence-corrected chi connectivity index (χ2v) is 5.95. The Balaban J connectivity index is 3.96. The summed E-state index contributed by atoms with van der Waals surface area (Å²) in [6, 6.07) is 0. The molecule has 0 spiro atoms. The fraction of sp³-hybridized carbons (Fsp3) is 0.550. The highest BCUT2D eigenvalue weighted by atomic mass is 16.4. The Morgan fingerprint density at radius 2 is 1.44 bits per heavy atom. The number of hydrogen-bond acceptors (Lipinski definition) is 4. The molecule has 0 aromatic heterocycles. The molecule has 0 saturated carbocycles. The number of hydrogen-bond donors (Lipinski definition) is 4. The van der Waals surface area contributed by atoms with Gasteiger partial charge < -0.3 is 20.4 Å². The summed E-state index contributed by atoms with van der Waals surface area (Å²) in [4.78, 5) is 10.4. The average Bonchev–Trinajstić information content (AvgIpc) is 2.56. The molecule has 5 nitrogen and oxygen atoms in total. The van der Waals surface area contributed by atoms with Crippen LogP contribution in [0.25, 0.3) is 0 Å². The van der Waals surface area contributed by atoms with E-state index in [1.807, 2.05) is 0 Å². The lowest BCUT2D eigenvalue weighted by Gasteiger charge is -2.13. The number of aliphatic hydroxyl groups excluding tert-OH is 3. The van der Waals surface area contributed by atoms with Crippen molar-refractivity contribution < 1.29 is 25.2 Å². The van der Waals surface area contributed by atoms with Gasteiger partial charge in [0.05, 0.1) is 18.3 Å². The molecular formula is C20H32O5. The van der Waals surface area contributed by atoms with Gasteiger partial charge in [-0.1, -0.05) is 74.8 Å². The zero-order valence-corrected chi connectivity index (χ0v) is 15.0. The van der Waals surface area contributed by atoms with Gasteiger partial charge in [-0.05, 0) is 19.3 Å². The third kappa shape index (κ3) is 15.6. The number of rotatable bonds is 14. The number of aliphatic carboxylic acids is 1. The van der Waals surface area contributed by atoms with Crippen LogP contribution in [0.4, 0.5) is 0 Å². The molecule has 0 heterocycles. The first-order valence-electron chi connectivity index (χ1n) is 8.91. The summed E-state index contributed by atoms with van der Waals surface area (Å²) in [5, 5.41) is 37.6. The number of unbranched alkanes of at least 4 members (excludes halogenated alkanes) is 2. The van der Waals surface area contributed by atoms with Crippen molar-refractivity contribution in [1.82, 2.24) is 0 Å². The average molecular weight is 352 g/mol. The topological polar surface area (TPSA) is 98.0 Å². The van der Waals surface area contributed by atoms with Crippen molar-refractivity contribution in [3.8, 4) is 0 Å². The maximum Gasteiger partial charge on any atom is 0.303 e. The summed E-state index contributed by atoms with van der Waals surface area (Å²) in [6.45, 7) is 2.09. The van der Waals surface area contributed by atoms with E-state index in [9.17, 15) is 20.1 Å². The van der Waals surface area contributed by atoms with E-state index in [1.54, 1.807) is 48.6 Å². The van der Waals surface area contributed by atoms with E-state index in [1.165, 1.54) is 0 Å². The highest BCUT2D eigenvalue weighted by Crippen LogP contribution is 2.07. The van der Waals surface area contributed by atoms with Crippen molar-refractivity contribution in [2.75, 3.05) is 0 Å². The molecule has 0 aliphatic heterocycles. The molecule has 0 radical (unpaired) electrons. The second-order valence-electron chi connectivity index (χ2n) is 5.95. The molecule has 142 valence electrons. The Hall–Kier alpha value is -1.69. The lowest BCUT2D eigenvalue weighted by molar-refractivity contribution is -0.137. The van der Waals surface area contributed by atoms with Crippen LogP contribution in [-0.2, 0) is 4.79 Å². The molecular weight excluding hydrogens is 320 g/mol. The first kappa shape index (κ1) is 23.3. The molecule has 3 atom stereocenters. The van der Waals surface area contributed by atoms with Gasteiger partial charge in [-0.2, -0.15) is 0 Å².